The van der Waals surface area contributed by atoms with E-state index >= 15 is 0 Å². The van der Waals surface area contributed by atoms with Crippen molar-refractivity contribution in [2.45, 2.75) is 20.8 Å². The van der Waals surface area contributed by atoms with E-state index in [1.807, 2.05) is 24.3 Å². The van der Waals surface area contributed by atoms with Crippen molar-refractivity contribution in [3.8, 4) is 16.9 Å². The van der Waals surface area contributed by atoms with Crippen LogP contribution in [-0.4, -0.2) is 32.6 Å². The number of carbonyl (C=O) groups excluding carboxylic acids is 1. The zero-order chi connectivity index (χ0) is 16.4. The first-order valence-electron chi connectivity index (χ1n) is 7.45. The van der Waals surface area contributed by atoms with Crippen LogP contribution >= 0.6 is 0 Å². The maximum atomic E-state index is 11.9. The Kier molecular flexibility index (Phi) is 3.97. The second-order valence-electron chi connectivity index (χ2n) is 5.24. The van der Waals surface area contributed by atoms with Gasteiger partial charge >= 0.3 is 5.97 Å². The van der Waals surface area contributed by atoms with E-state index < -0.39 is 5.97 Å². The molecule has 0 aliphatic rings. The van der Waals surface area contributed by atoms with Crippen molar-refractivity contribution in [1.29, 1.82) is 0 Å². The molecule has 6 nitrogen and oxygen atoms in total. The highest BCUT2D eigenvalue weighted by molar-refractivity contribution is 5.93. The molecule has 3 aromatic rings. The number of nitrogens with zero attached hydrogens (tertiary/aromatic N) is 3. The summed E-state index contributed by atoms with van der Waals surface area (Å²) in [6.07, 6.45) is 0. The Morgan fingerprint density at radius 1 is 1.09 bits per heavy atom. The van der Waals surface area contributed by atoms with Gasteiger partial charge in [-0.15, -0.1) is 5.10 Å². The molecule has 6 heteroatoms. The number of rotatable bonds is 4. The number of aromatic nitrogens is 4. The fourth-order valence-corrected chi connectivity index (χ4v) is 2.62. The number of carbonyl (C=O) groups is 1. The van der Waals surface area contributed by atoms with Crippen molar-refractivity contribution in [2.75, 3.05) is 6.61 Å². The van der Waals surface area contributed by atoms with Crippen molar-refractivity contribution in [3.05, 3.63) is 53.5 Å². The van der Waals surface area contributed by atoms with Crippen molar-refractivity contribution in [3.63, 3.8) is 0 Å². The molecule has 1 N–H and O–H groups in total. The molecule has 0 aliphatic carbocycles. The molecule has 23 heavy (non-hydrogen) atoms. The summed E-state index contributed by atoms with van der Waals surface area (Å²) < 4.78 is 7.16. The van der Waals surface area contributed by atoms with Gasteiger partial charge in [0, 0.05) is 22.6 Å². The minimum absolute atomic E-state index is 0.202. The lowest BCUT2D eigenvalue weighted by atomic mass is 10.1. The molecule has 0 amide bonds. The van der Waals surface area contributed by atoms with Crippen LogP contribution in [0.1, 0.15) is 28.8 Å². The molecule has 0 bridgehead atoms. The summed E-state index contributed by atoms with van der Waals surface area (Å²) in [5.74, 6) is -0.475. The predicted molar refractivity (Wildman–Crippen MR) is 86.6 cm³/mol. The summed E-state index contributed by atoms with van der Waals surface area (Å²) >= 11 is 0. The fraction of sp³-hybridized carbons (Fsp3) is 0.235. The Labute approximate surface area is 134 Å². The summed E-state index contributed by atoms with van der Waals surface area (Å²) in [4.78, 5) is 11.9. The minimum Gasteiger partial charge on any atom is -0.461 e. The lowest BCUT2D eigenvalue weighted by Crippen LogP contribution is -2.06. The molecule has 2 heterocycles. The Bertz CT molecular complexity index is 811. The zero-order valence-electron chi connectivity index (χ0n) is 13.3. The second-order valence-corrected chi connectivity index (χ2v) is 5.24. The predicted octanol–water partition coefficient (Wildman–Crippen LogP) is 3.06. The number of hydrogen-bond acceptors (Lipinski definition) is 4. The Hall–Kier alpha value is -2.89. The third kappa shape index (κ3) is 2.75. The van der Waals surface area contributed by atoms with E-state index in [0.29, 0.717) is 12.3 Å². The van der Waals surface area contributed by atoms with E-state index in [2.05, 4.69) is 46.0 Å². The molecule has 3 rings (SSSR count). The van der Waals surface area contributed by atoms with E-state index in [0.717, 1.165) is 11.3 Å². The Balaban J connectivity index is 1.95. The van der Waals surface area contributed by atoms with Gasteiger partial charge in [-0.25, -0.2) is 4.79 Å². The fourth-order valence-electron chi connectivity index (χ4n) is 2.62. The summed E-state index contributed by atoms with van der Waals surface area (Å²) in [7, 11) is 0. The summed E-state index contributed by atoms with van der Waals surface area (Å²) in [5.41, 5.74) is 4.92. The van der Waals surface area contributed by atoms with Gasteiger partial charge in [-0.1, -0.05) is 12.1 Å². The monoisotopic (exact) mass is 310 g/mol. The van der Waals surface area contributed by atoms with Crippen LogP contribution in [0, 0.1) is 13.8 Å². The van der Waals surface area contributed by atoms with Gasteiger partial charge in [0.2, 0.25) is 0 Å². The maximum absolute atomic E-state index is 11.9. The van der Waals surface area contributed by atoms with Crippen LogP contribution in [-0.2, 0) is 4.74 Å². The lowest BCUT2D eigenvalue weighted by Gasteiger charge is -2.10. The van der Waals surface area contributed by atoms with Crippen LogP contribution in [0.4, 0.5) is 0 Å². The summed E-state index contributed by atoms with van der Waals surface area (Å²) in [6.45, 7) is 6.19. The number of H-pyrrole nitrogens is 1. The number of aryl methyl sites for hydroxylation is 2. The molecule has 0 saturated carbocycles. The lowest BCUT2D eigenvalue weighted by molar-refractivity contribution is 0.0520. The first-order valence-corrected chi connectivity index (χ1v) is 7.45. The molecule has 0 fully saturated rings. The second kappa shape index (κ2) is 6.08. The number of nitrogens with one attached hydrogen (secondary N) is 1. The number of hydrogen-bond donors (Lipinski definition) is 1. The van der Waals surface area contributed by atoms with E-state index in [-0.39, 0.29) is 5.69 Å². The zero-order valence-corrected chi connectivity index (χ0v) is 13.3. The van der Waals surface area contributed by atoms with Gasteiger partial charge in [-0.2, -0.15) is 10.3 Å². The van der Waals surface area contributed by atoms with Gasteiger partial charge in [-0.05, 0) is 45.0 Å². The molecule has 118 valence electrons. The first kappa shape index (κ1) is 15.0. The highest BCUT2D eigenvalue weighted by Crippen LogP contribution is 2.23. The average Bonchev–Trinajstić information content (AvgIpc) is 3.15. The number of ether oxygens (including phenoxy) is 1. The standard InChI is InChI=1S/C17H18N4O2/c1-4-23-17(22)16-15(18-20-19-16)13-7-9-14(10-8-13)21-11(2)5-6-12(21)3/h5-10H,4H2,1-3H3,(H,18,19,20). The molecule has 0 saturated heterocycles. The maximum Gasteiger partial charge on any atom is 0.361 e. The highest BCUT2D eigenvalue weighted by Gasteiger charge is 2.19. The molecule has 0 aliphatic heterocycles. The quantitative estimate of drug-likeness (QED) is 0.752. The number of esters is 1. The van der Waals surface area contributed by atoms with Crippen LogP contribution in [0.15, 0.2) is 36.4 Å². The van der Waals surface area contributed by atoms with Gasteiger partial charge in [0.05, 0.1) is 6.61 Å². The van der Waals surface area contributed by atoms with Crippen molar-refractivity contribution < 1.29 is 9.53 Å². The van der Waals surface area contributed by atoms with Crippen molar-refractivity contribution in [2.24, 2.45) is 0 Å². The largest absolute Gasteiger partial charge is 0.461 e. The highest BCUT2D eigenvalue weighted by atomic mass is 16.5. The molecule has 0 radical (unpaired) electrons. The summed E-state index contributed by atoms with van der Waals surface area (Å²) in [5, 5.41) is 10.5. The normalized spacial score (nSPS) is 10.7. The van der Waals surface area contributed by atoms with E-state index in [1.165, 1.54) is 11.4 Å². The van der Waals surface area contributed by atoms with Crippen molar-refractivity contribution in [1.82, 2.24) is 20.0 Å². The van der Waals surface area contributed by atoms with E-state index in [9.17, 15) is 4.79 Å². The van der Waals surface area contributed by atoms with E-state index in [4.69, 9.17) is 4.74 Å². The third-order valence-corrected chi connectivity index (χ3v) is 3.69. The van der Waals surface area contributed by atoms with Crippen LogP contribution in [0.5, 0.6) is 0 Å². The van der Waals surface area contributed by atoms with Gasteiger partial charge in [0.1, 0.15) is 5.69 Å². The molecule has 0 spiro atoms. The number of aromatic amines is 1. The van der Waals surface area contributed by atoms with Gasteiger partial charge in [0.25, 0.3) is 0 Å². The van der Waals surface area contributed by atoms with Crippen LogP contribution in [0.3, 0.4) is 0 Å². The average molecular weight is 310 g/mol. The van der Waals surface area contributed by atoms with Gasteiger partial charge in [-0.3, -0.25) is 0 Å². The molecular weight excluding hydrogens is 292 g/mol. The molecule has 2 aromatic heterocycles. The summed E-state index contributed by atoms with van der Waals surface area (Å²) in [6, 6.07) is 12.0. The molecule has 0 unspecified atom stereocenters. The molecule has 1 aromatic carbocycles. The topological polar surface area (TPSA) is 72.8 Å². The number of benzene rings is 1. The van der Waals surface area contributed by atoms with Gasteiger partial charge in [0.15, 0.2) is 5.69 Å². The first-order chi connectivity index (χ1) is 11.1. The van der Waals surface area contributed by atoms with Crippen LogP contribution < -0.4 is 0 Å². The van der Waals surface area contributed by atoms with Gasteiger partial charge < -0.3 is 9.30 Å². The Morgan fingerprint density at radius 3 is 2.35 bits per heavy atom. The van der Waals surface area contributed by atoms with Crippen LogP contribution in [0.25, 0.3) is 16.9 Å². The molecule has 0 atom stereocenters. The molecular formula is C17H18N4O2. The van der Waals surface area contributed by atoms with E-state index in [1.54, 1.807) is 6.92 Å². The smallest absolute Gasteiger partial charge is 0.361 e. The Morgan fingerprint density at radius 2 is 1.74 bits per heavy atom. The van der Waals surface area contributed by atoms with Crippen LogP contribution in [0.2, 0.25) is 0 Å². The SMILES string of the molecule is CCOC(=O)c1n[nH]nc1-c1ccc(-n2c(C)ccc2C)cc1. The van der Waals surface area contributed by atoms with Crippen molar-refractivity contribution >= 4 is 5.97 Å². The third-order valence-electron chi connectivity index (χ3n) is 3.69. The minimum atomic E-state index is -0.475.